The Morgan fingerprint density at radius 1 is 1.29 bits per heavy atom. The first kappa shape index (κ1) is 16.3. The van der Waals surface area contributed by atoms with Gasteiger partial charge in [-0.05, 0) is 38.6 Å². The molecule has 118 valence electrons. The van der Waals surface area contributed by atoms with Gasteiger partial charge < -0.3 is 10.1 Å². The largest absolute Gasteiger partial charge is 0.378 e. The number of ether oxygens (including phenoxy) is 1. The molecule has 21 heavy (non-hydrogen) atoms. The monoisotopic (exact) mass is 301 g/mol. The fourth-order valence-electron chi connectivity index (χ4n) is 2.78. The molecule has 0 saturated carbocycles. The fourth-order valence-corrected chi connectivity index (χ4v) is 2.78. The van der Waals surface area contributed by atoms with E-state index in [-0.39, 0.29) is 11.7 Å². The first-order chi connectivity index (χ1) is 10.1. The van der Waals surface area contributed by atoms with Crippen LogP contribution in [-0.4, -0.2) is 19.3 Å². The first-order valence-corrected chi connectivity index (χ1v) is 7.61. The third-order valence-corrected chi connectivity index (χ3v) is 3.83. The average molecular weight is 301 g/mol. The van der Waals surface area contributed by atoms with Gasteiger partial charge in [0.15, 0.2) is 0 Å². The van der Waals surface area contributed by atoms with Crippen molar-refractivity contribution in [3.8, 4) is 0 Å². The second-order valence-corrected chi connectivity index (χ2v) is 5.50. The number of hydrogen-bond acceptors (Lipinski definition) is 2. The average Bonchev–Trinajstić information content (AvgIpc) is 2.93. The van der Waals surface area contributed by atoms with E-state index in [4.69, 9.17) is 4.74 Å². The van der Waals surface area contributed by atoms with Gasteiger partial charge >= 0.3 is 0 Å². The lowest BCUT2D eigenvalue weighted by molar-refractivity contribution is 0.0993. The molecule has 1 aliphatic heterocycles. The molecule has 0 bridgehead atoms. The Hall–Kier alpha value is -1.07. The summed E-state index contributed by atoms with van der Waals surface area (Å²) in [4.78, 5) is 0. The molecule has 2 atom stereocenters. The molecule has 2 rings (SSSR count). The predicted octanol–water partition coefficient (Wildman–Crippen LogP) is 4.10. The van der Waals surface area contributed by atoms with E-state index in [2.05, 4.69) is 5.32 Å². The number of rotatable bonds is 7. The Kier molecular flexibility index (Phi) is 6.06. The summed E-state index contributed by atoms with van der Waals surface area (Å²) < 4.78 is 46.5. The predicted molar refractivity (Wildman–Crippen MR) is 75.6 cm³/mol. The molecule has 5 heteroatoms. The van der Waals surface area contributed by atoms with Crippen LogP contribution in [0.1, 0.15) is 50.6 Å². The van der Waals surface area contributed by atoms with E-state index in [0.717, 1.165) is 44.4 Å². The lowest BCUT2D eigenvalue weighted by atomic mass is 9.98. The topological polar surface area (TPSA) is 21.3 Å². The third kappa shape index (κ3) is 4.45. The van der Waals surface area contributed by atoms with E-state index >= 15 is 0 Å². The van der Waals surface area contributed by atoms with Gasteiger partial charge in [-0.3, -0.25) is 0 Å². The quantitative estimate of drug-likeness (QED) is 0.818. The molecule has 1 aromatic rings. The zero-order valence-corrected chi connectivity index (χ0v) is 12.3. The summed E-state index contributed by atoms with van der Waals surface area (Å²) in [5, 5.41) is 3.15. The van der Waals surface area contributed by atoms with E-state index < -0.39 is 23.5 Å². The van der Waals surface area contributed by atoms with E-state index in [1.54, 1.807) is 0 Å². The number of hydrogen-bond donors (Lipinski definition) is 1. The molecule has 2 nitrogen and oxygen atoms in total. The van der Waals surface area contributed by atoms with Crippen LogP contribution in [0.25, 0.3) is 0 Å². The lowest BCUT2D eigenvalue weighted by Gasteiger charge is -2.21. The summed E-state index contributed by atoms with van der Waals surface area (Å²) in [6.07, 6.45) is 4.39. The van der Waals surface area contributed by atoms with Crippen LogP contribution in [0.3, 0.4) is 0 Å². The highest BCUT2D eigenvalue weighted by molar-refractivity contribution is 5.24. The molecule has 0 aliphatic carbocycles. The molecular weight excluding hydrogens is 279 g/mol. The minimum Gasteiger partial charge on any atom is -0.378 e. The molecule has 0 spiro atoms. The highest BCUT2D eigenvalue weighted by Gasteiger charge is 2.23. The number of halogens is 3. The van der Waals surface area contributed by atoms with Crippen molar-refractivity contribution in [2.24, 2.45) is 0 Å². The van der Waals surface area contributed by atoms with Gasteiger partial charge in [0.25, 0.3) is 0 Å². The Morgan fingerprint density at radius 3 is 2.57 bits per heavy atom. The molecule has 1 fully saturated rings. The van der Waals surface area contributed by atoms with Gasteiger partial charge in [-0.1, -0.05) is 6.92 Å². The zero-order chi connectivity index (χ0) is 15.2. The highest BCUT2D eigenvalue weighted by Crippen LogP contribution is 2.28. The standard InChI is InChI=1S/C16H22F3NO/c1-2-7-20-15(6-5-12-4-3-8-21-12)16-13(18)9-11(17)10-14(16)19/h9-10,12,15,20H,2-8H2,1H3. The van der Waals surface area contributed by atoms with Crippen LogP contribution < -0.4 is 5.32 Å². The molecule has 0 radical (unpaired) electrons. The molecule has 1 N–H and O–H groups in total. The fraction of sp³-hybridized carbons (Fsp3) is 0.625. The molecule has 1 heterocycles. The summed E-state index contributed by atoms with van der Waals surface area (Å²) in [5.41, 5.74) is -0.0668. The van der Waals surface area contributed by atoms with Crippen LogP contribution in [0.15, 0.2) is 12.1 Å². The Balaban J connectivity index is 2.10. The lowest BCUT2D eigenvalue weighted by Crippen LogP contribution is -2.25. The maximum absolute atomic E-state index is 13.9. The van der Waals surface area contributed by atoms with E-state index in [9.17, 15) is 13.2 Å². The number of nitrogens with one attached hydrogen (secondary N) is 1. The molecular formula is C16H22F3NO. The van der Waals surface area contributed by atoms with Crippen LogP contribution >= 0.6 is 0 Å². The maximum atomic E-state index is 13.9. The van der Waals surface area contributed by atoms with Gasteiger partial charge in [0.05, 0.1) is 6.10 Å². The van der Waals surface area contributed by atoms with Gasteiger partial charge in [-0.25, -0.2) is 13.2 Å². The van der Waals surface area contributed by atoms with Crippen LogP contribution in [0.2, 0.25) is 0 Å². The van der Waals surface area contributed by atoms with Gasteiger partial charge in [-0.2, -0.15) is 0 Å². The minimum absolute atomic E-state index is 0.0668. The maximum Gasteiger partial charge on any atom is 0.133 e. The Bertz CT molecular complexity index is 438. The highest BCUT2D eigenvalue weighted by atomic mass is 19.1. The van der Waals surface area contributed by atoms with E-state index in [0.29, 0.717) is 13.0 Å². The summed E-state index contributed by atoms with van der Waals surface area (Å²) >= 11 is 0. The van der Waals surface area contributed by atoms with Crippen molar-refractivity contribution in [2.75, 3.05) is 13.2 Å². The van der Waals surface area contributed by atoms with E-state index in [1.807, 2.05) is 6.92 Å². The van der Waals surface area contributed by atoms with Crippen LogP contribution in [-0.2, 0) is 4.74 Å². The van der Waals surface area contributed by atoms with Crippen LogP contribution in [0.4, 0.5) is 13.2 Å². The second-order valence-electron chi connectivity index (χ2n) is 5.50. The van der Waals surface area contributed by atoms with Crippen molar-refractivity contribution >= 4 is 0 Å². The summed E-state index contributed by atoms with van der Waals surface area (Å²) in [5.74, 6) is -2.54. The van der Waals surface area contributed by atoms with Crippen LogP contribution in [0, 0.1) is 17.5 Å². The van der Waals surface area contributed by atoms with Crippen LogP contribution in [0.5, 0.6) is 0 Å². The smallest absolute Gasteiger partial charge is 0.133 e. The summed E-state index contributed by atoms with van der Waals surface area (Å²) in [6.45, 7) is 3.41. The zero-order valence-electron chi connectivity index (χ0n) is 12.3. The Labute approximate surface area is 123 Å². The van der Waals surface area contributed by atoms with E-state index in [1.165, 1.54) is 0 Å². The molecule has 1 saturated heterocycles. The summed E-state index contributed by atoms with van der Waals surface area (Å²) in [7, 11) is 0. The van der Waals surface area contributed by atoms with Gasteiger partial charge in [0, 0.05) is 30.3 Å². The second kappa shape index (κ2) is 7.80. The normalized spacial score (nSPS) is 19.9. The Morgan fingerprint density at radius 2 is 2.00 bits per heavy atom. The molecule has 1 aliphatic rings. The van der Waals surface area contributed by atoms with Crippen molar-refractivity contribution in [3.05, 3.63) is 35.1 Å². The SMILES string of the molecule is CCCNC(CCC1CCCO1)c1c(F)cc(F)cc1F. The summed E-state index contributed by atoms with van der Waals surface area (Å²) in [6, 6.07) is 1.03. The molecule has 2 unspecified atom stereocenters. The number of benzene rings is 1. The van der Waals surface area contributed by atoms with Gasteiger partial charge in [0.1, 0.15) is 17.5 Å². The van der Waals surface area contributed by atoms with Crippen molar-refractivity contribution in [1.82, 2.24) is 5.32 Å². The van der Waals surface area contributed by atoms with Crippen molar-refractivity contribution < 1.29 is 17.9 Å². The third-order valence-electron chi connectivity index (χ3n) is 3.83. The van der Waals surface area contributed by atoms with Gasteiger partial charge in [-0.15, -0.1) is 0 Å². The minimum atomic E-state index is -0.887. The van der Waals surface area contributed by atoms with Crippen molar-refractivity contribution in [1.29, 1.82) is 0 Å². The van der Waals surface area contributed by atoms with Gasteiger partial charge in [0.2, 0.25) is 0 Å². The van der Waals surface area contributed by atoms with Crippen molar-refractivity contribution in [3.63, 3.8) is 0 Å². The first-order valence-electron chi connectivity index (χ1n) is 7.61. The molecule has 0 amide bonds. The molecule has 1 aromatic carbocycles. The van der Waals surface area contributed by atoms with Crippen molar-refractivity contribution in [2.45, 2.75) is 51.2 Å². The molecule has 0 aromatic heterocycles.